The number of thiazole rings is 2. The number of carboxylic acid groups (broad SMARTS) is 2. The van der Waals surface area contributed by atoms with Gasteiger partial charge in [-0.2, -0.15) is 23.4 Å². The Labute approximate surface area is 542 Å². The molecule has 5 aromatic heterocycles. The van der Waals surface area contributed by atoms with E-state index in [0.29, 0.717) is 116 Å². The number of aryl methyl sites for hydroxylation is 4. The number of hydrogen-bond donors (Lipinski definition) is 2. The predicted molar refractivity (Wildman–Crippen MR) is 356 cm³/mol. The molecule has 2 aliphatic rings. The molecule has 0 amide bonds. The molecule has 0 bridgehead atoms. The first kappa shape index (κ1) is 63.9. The number of pyridine rings is 1. The number of carbonyl (C=O) groups is 2. The molecular formula is C67H70Cl2F3N11O6S2. The maximum absolute atomic E-state index is 14.0. The highest BCUT2D eigenvalue weighted by Gasteiger charge is 2.42. The van der Waals surface area contributed by atoms with Gasteiger partial charge in [0.25, 0.3) is 0 Å². The van der Waals surface area contributed by atoms with E-state index >= 15 is 0 Å². The predicted octanol–water partition coefficient (Wildman–Crippen LogP) is 14.9. The zero-order chi connectivity index (χ0) is 64.9. The van der Waals surface area contributed by atoms with Crippen LogP contribution in [0, 0.1) is 13.8 Å². The maximum atomic E-state index is 14.0. The fraction of sp³-hybridized carbons (Fsp3) is 0.388. The van der Waals surface area contributed by atoms with E-state index in [1.54, 1.807) is 24.3 Å². The van der Waals surface area contributed by atoms with Gasteiger partial charge in [-0.3, -0.25) is 19.2 Å². The second-order valence-electron chi connectivity index (χ2n) is 25.6. The number of ether oxygens (including phenoxy) is 2. The molecule has 2 saturated heterocycles. The lowest BCUT2D eigenvalue weighted by Crippen LogP contribution is -2.53. The molecule has 91 heavy (non-hydrogen) atoms. The minimum absolute atomic E-state index is 0.209. The zero-order valence-corrected chi connectivity index (χ0v) is 55.5. The standard InChI is InChI=1S/C67H70Cl2F3N11O6S2/c1-35-30-46-57(51(38-12-16-42(68)17-13-38)49(35)55(63(84)85)88-65(4,5)6)90-61(74-46)40-32-41(54-44(33-40)59(76-79(54)11)82-28-26-81(27-29-82)37(3)67(70,71)72)34-80-22-24-83(25-23-80)60-53-48(78(10)77-60)21-20-45(73-53)62-75-47-31-36(2)50(56(64(86)87)89-66(7,8)9)52(58(47)91-62)39-14-18-43(69)19-15-39/h12-21,30-33,37,55-56H,22-29,34H2,1-11H3,(H,84,85)(H,86,87)/t37?,55-,56-/m0/s1. The molecule has 3 atom stereocenters. The summed E-state index contributed by atoms with van der Waals surface area (Å²) in [7, 11) is 3.81. The van der Waals surface area contributed by atoms with Gasteiger partial charge in [0.15, 0.2) is 23.8 Å². The molecule has 2 aliphatic heterocycles. The molecule has 2 N–H and O–H groups in total. The molecule has 24 heteroatoms. The van der Waals surface area contributed by atoms with E-state index in [1.807, 2.05) is 127 Å². The summed E-state index contributed by atoms with van der Waals surface area (Å²) in [6, 6.07) is 25.1. The van der Waals surface area contributed by atoms with E-state index in [2.05, 4.69) is 26.8 Å². The van der Waals surface area contributed by atoms with Gasteiger partial charge in [-0.05, 0) is 151 Å². The SMILES string of the molecule is Cc1cc2nc(-c3cc(CN4CCN(c5nn(C)c6ccc(-c7nc8cc(C)c([C@H](OC(C)(C)C)C(=O)O)c(-c9ccc(Cl)cc9)c8s7)nc56)CC4)c4c(c3)c(N3CCN(C(C)C(F)(F)F)CC3)nn4C)sc2c(-c2ccc(Cl)cc2)c1[C@H](OC(C)(C)C)C(=O)O. The quantitative estimate of drug-likeness (QED) is 0.0989. The summed E-state index contributed by atoms with van der Waals surface area (Å²) in [5.41, 5.74) is 10.2. The lowest BCUT2D eigenvalue weighted by Gasteiger charge is -2.38. The number of aromatic nitrogens is 7. The molecule has 0 aliphatic carbocycles. The minimum atomic E-state index is -4.35. The monoisotopic (exact) mass is 1320 g/mol. The zero-order valence-electron chi connectivity index (χ0n) is 52.3. The summed E-state index contributed by atoms with van der Waals surface area (Å²) in [6.07, 6.45) is -6.92. The van der Waals surface area contributed by atoms with Gasteiger partial charge >= 0.3 is 18.1 Å². The van der Waals surface area contributed by atoms with Crippen LogP contribution >= 0.6 is 45.9 Å². The van der Waals surface area contributed by atoms with Crippen molar-refractivity contribution in [2.24, 2.45) is 14.1 Å². The van der Waals surface area contributed by atoms with Gasteiger partial charge in [-0.15, -0.1) is 22.7 Å². The van der Waals surface area contributed by atoms with Crippen LogP contribution in [0.2, 0.25) is 10.0 Å². The van der Waals surface area contributed by atoms with Crippen molar-refractivity contribution in [2.45, 2.75) is 104 Å². The third-order valence-electron chi connectivity index (χ3n) is 16.9. The first-order valence-corrected chi connectivity index (χ1v) is 32.5. The van der Waals surface area contributed by atoms with Crippen molar-refractivity contribution in [1.82, 2.24) is 44.3 Å². The Balaban J connectivity index is 0.893. The highest BCUT2D eigenvalue weighted by atomic mass is 35.5. The van der Waals surface area contributed by atoms with Crippen LogP contribution in [-0.4, -0.2) is 142 Å². The summed E-state index contributed by atoms with van der Waals surface area (Å²) in [5.74, 6) is -0.810. The minimum Gasteiger partial charge on any atom is -0.479 e. The molecule has 0 radical (unpaired) electrons. The number of alkyl halides is 3. The summed E-state index contributed by atoms with van der Waals surface area (Å²) in [6.45, 7) is 20.2. The molecule has 12 rings (SSSR count). The van der Waals surface area contributed by atoms with E-state index < -0.39 is 47.6 Å². The van der Waals surface area contributed by atoms with E-state index in [-0.39, 0.29) is 13.1 Å². The number of rotatable bonds is 15. The van der Waals surface area contributed by atoms with Crippen molar-refractivity contribution in [2.75, 3.05) is 62.2 Å². The second-order valence-corrected chi connectivity index (χ2v) is 28.5. The topological polar surface area (TPSA) is 180 Å². The van der Waals surface area contributed by atoms with Gasteiger partial charge in [0.2, 0.25) is 0 Å². The first-order chi connectivity index (χ1) is 43.0. The van der Waals surface area contributed by atoms with Gasteiger partial charge < -0.3 is 29.5 Å². The van der Waals surface area contributed by atoms with Crippen LogP contribution in [0.3, 0.4) is 0 Å². The van der Waals surface area contributed by atoms with Crippen molar-refractivity contribution in [3.8, 4) is 43.5 Å². The number of halogens is 5. The Morgan fingerprint density at radius 2 is 1.10 bits per heavy atom. The van der Waals surface area contributed by atoms with E-state index in [9.17, 15) is 33.0 Å². The number of aliphatic carboxylic acids is 2. The van der Waals surface area contributed by atoms with Crippen LogP contribution in [0.1, 0.15) is 88.5 Å². The fourth-order valence-electron chi connectivity index (χ4n) is 12.6. The third-order valence-corrected chi connectivity index (χ3v) is 19.6. The highest BCUT2D eigenvalue weighted by Crippen LogP contribution is 2.48. The van der Waals surface area contributed by atoms with Crippen LogP contribution in [0.25, 0.3) is 85.9 Å². The Kier molecular flexibility index (Phi) is 17.1. The van der Waals surface area contributed by atoms with Crippen molar-refractivity contribution in [3.63, 3.8) is 0 Å². The lowest BCUT2D eigenvalue weighted by molar-refractivity contribution is -0.179. The summed E-state index contributed by atoms with van der Waals surface area (Å²) < 4.78 is 59.8. The number of benzene rings is 5. The Hall–Kier alpha value is -7.28. The normalized spacial score (nSPS) is 16.0. The van der Waals surface area contributed by atoms with Crippen molar-refractivity contribution < 1.29 is 42.4 Å². The summed E-state index contributed by atoms with van der Waals surface area (Å²) >= 11 is 15.7. The summed E-state index contributed by atoms with van der Waals surface area (Å²) in [5, 5.41) is 34.9. The van der Waals surface area contributed by atoms with E-state index in [0.717, 1.165) is 65.0 Å². The average Bonchev–Trinajstić information content (AvgIpc) is 1.53. The molecule has 10 aromatic rings. The van der Waals surface area contributed by atoms with Gasteiger partial charge in [0.05, 0.1) is 48.4 Å². The van der Waals surface area contributed by atoms with Gasteiger partial charge in [0, 0.05) is 116 Å². The Morgan fingerprint density at radius 1 is 0.615 bits per heavy atom. The number of carboxylic acids is 2. The molecule has 7 heterocycles. The molecule has 17 nitrogen and oxygen atoms in total. The van der Waals surface area contributed by atoms with Crippen molar-refractivity contribution in [1.29, 1.82) is 0 Å². The number of hydrogen-bond acceptors (Lipinski definition) is 15. The number of anilines is 2. The second kappa shape index (κ2) is 24.3. The van der Waals surface area contributed by atoms with Crippen LogP contribution < -0.4 is 9.80 Å². The average molecular weight is 1320 g/mol. The molecule has 1 unspecified atom stereocenters. The van der Waals surface area contributed by atoms with Gasteiger partial charge in [-0.1, -0.05) is 47.5 Å². The van der Waals surface area contributed by atoms with E-state index in [1.165, 1.54) is 34.5 Å². The molecular weight excluding hydrogens is 1250 g/mol. The van der Waals surface area contributed by atoms with Crippen LogP contribution in [0.15, 0.2) is 84.9 Å². The van der Waals surface area contributed by atoms with Crippen molar-refractivity contribution in [3.05, 3.63) is 123 Å². The number of fused-ring (bicyclic) bond motifs is 4. The maximum Gasteiger partial charge on any atom is 0.403 e. The third kappa shape index (κ3) is 12.7. The Bertz CT molecular complexity index is 4460. The molecule has 0 spiro atoms. The van der Waals surface area contributed by atoms with Crippen molar-refractivity contribution >= 4 is 112 Å². The van der Waals surface area contributed by atoms with Crippen LogP contribution in [0.5, 0.6) is 0 Å². The first-order valence-electron chi connectivity index (χ1n) is 30.1. The summed E-state index contributed by atoms with van der Waals surface area (Å²) in [4.78, 5) is 50.2. The van der Waals surface area contributed by atoms with Crippen LogP contribution in [0.4, 0.5) is 24.8 Å². The van der Waals surface area contributed by atoms with Gasteiger partial charge in [-0.25, -0.2) is 24.5 Å². The number of nitrogens with zero attached hydrogens (tertiary/aromatic N) is 11. The lowest BCUT2D eigenvalue weighted by atomic mass is 9.91. The number of piperazine rings is 2. The smallest absolute Gasteiger partial charge is 0.403 e. The molecule has 2 fully saturated rings. The highest BCUT2D eigenvalue weighted by molar-refractivity contribution is 7.22. The molecule has 5 aromatic carbocycles. The van der Waals surface area contributed by atoms with Crippen LogP contribution in [-0.2, 0) is 39.7 Å². The van der Waals surface area contributed by atoms with E-state index in [4.69, 9.17) is 57.8 Å². The molecule has 476 valence electrons. The largest absolute Gasteiger partial charge is 0.479 e. The fourth-order valence-corrected chi connectivity index (χ4v) is 15.1. The Morgan fingerprint density at radius 3 is 1.60 bits per heavy atom. The molecule has 0 saturated carbocycles. The van der Waals surface area contributed by atoms with Gasteiger partial charge in [0.1, 0.15) is 21.6 Å².